The van der Waals surface area contributed by atoms with Gasteiger partial charge in [0, 0.05) is 17.4 Å². The summed E-state index contributed by atoms with van der Waals surface area (Å²) in [6, 6.07) is 1.39. The second kappa shape index (κ2) is 4.92. The molecule has 1 aromatic heterocycles. The molecule has 0 bridgehead atoms. The summed E-state index contributed by atoms with van der Waals surface area (Å²) in [4.78, 5) is 20.4. The maximum atomic E-state index is 10.4. The number of rotatable bonds is 5. The predicted molar refractivity (Wildman–Crippen MR) is 51.7 cm³/mol. The van der Waals surface area contributed by atoms with Gasteiger partial charge in [0.2, 0.25) is 0 Å². The molecular formula is C7H6ClNO4S. The zero-order valence-corrected chi connectivity index (χ0v) is 8.51. The minimum absolute atomic E-state index is 0.0993. The van der Waals surface area contributed by atoms with E-state index in [-0.39, 0.29) is 16.6 Å². The fourth-order valence-corrected chi connectivity index (χ4v) is 2.11. The molecule has 14 heavy (non-hydrogen) atoms. The van der Waals surface area contributed by atoms with E-state index in [1.165, 1.54) is 6.07 Å². The molecule has 0 aliphatic heterocycles. The van der Waals surface area contributed by atoms with E-state index in [2.05, 4.69) is 4.74 Å². The molecule has 0 aliphatic carbocycles. The van der Waals surface area contributed by atoms with Crippen LogP contribution in [-0.2, 0) is 16.0 Å². The lowest BCUT2D eigenvalue weighted by molar-refractivity contribution is -0.384. The zero-order chi connectivity index (χ0) is 10.6. The molecule has 0 unspecified atom stereocenters. The van der Waals surface area contributed by atoms with Crippen LogP contribution in [0, 0.1) is 10.1 Å². The number of hydrogen-bond donors (Lipinski definition) is 0. The van der Waals surface area contributed by atoms with Crippen LogP contribution in [0.4, 0.5) is 5.69 Å². The molecule has 0 spiro atoms. The molecule has 0 radical (unpaired) electrons. The quantitative estimate of drug-likeness (QED) is 0.339. The third-order valence-electron chi connectivity index (χ3n) is 1.45. The van der Waals surface area contributed by atoms with Crippen molar-refractivity contribution >= 4 is 35.1 Å². The monoisotopic (exact) mass is 235 g/mol. The number of carbonyl (C=O) groups is 1. The molecule has 1 heterocycles. The molecule has 7 heteroatoms. The van der Waals surface area contributed by atoms with Crippen LogP contribution in [0.25, 0.3) is 0 Å². The van der Waals surface area contributed by atoms with Crippen LogP contribution < -0.4 is 0 Å². The SMILES string of the molecule is O=COCCc1cc([N+](=O)[O-])c(Cl)s1. The molecule has 5 nitrogen and oxygen atoms in total. The van der Waals surface area contributed by atoms with Crippen molar-refractivity contribution in [2.75, 3.05) is 6.61 Å². The minimum atomic E-state index is -0.539. The van der Waals surface area contributed by atoms with Gasteiger partial charge in [0.25, 0.3) is 12.2 Å². The summed E-state index contributed by atoms with van der Waals surface area (Å²) in [5, 5.41) is 10.4. The molecule has 0 N–H and O–H groups in total. The molecular weight excluding hydrogens is 230 g/mol. The number of halogens is 1. The maximum Gasteiger partial charge on any atom is 0.299 e. The highest BCUT2D eigenvalue weighted by molar-refractivity contribution is 7.16. The van der Waals surface area contributed by atoms with E-state index in [1.54, 1.807) is 0 Å². The Kier molecular flexibility index (Phi) is 3.84. The van der Waals surface area contributed by atoms with Crippen molar-refractivity contribution in [1.82, 2.24) is 0 Å². The third kappa shape index (κ3) is 2.68. The topological polar surface area (TPSA) is 69.4 Å². The van der Waals surface area contributed by atoms with Gasteiger partial charge in [0.15, 0.2) is 4.34 Å². The highest BCUT2D eigenvalue weighted by Crippen LogP contribution is 2.33. The summed E-state index contributed by atoms with van der Waals surface area (Å²) in [5.41, 5.74) is -0.0993. The molecule has 0 amide bonds. The van der Waals surface area contributed by atoms with E-state index in [9.17, 15) is 14.9 Å². The van der Waals surface area contributed by atoms with Gasteiger partial charge in [0.05, 0.1) is 11.5 Å². The van der Waals surface area contributed by atoms with Crippen molar-refractivity contribution in [2.45, 2.75) is 6.42 Å². The first kappa shape index (κ1) is 10.9. The molecule has 1 rings (SSSR count). The molecule has 0 saturated heterocycles. The Morgan fingerprint density at radius 2 is 2.43 bits per heavy atom. The number of ether oxygens (including phenoxy) is 1. The fraction of sp³-hybridized carbons (Fsp3) is 0.286. The van der Waals surface area contributed by atoms with Crippen molar-refractivity contribution in [1.29, 1.82) is 0 Å². The average Bonchev–Trinajstić information content (AvgIpc) is 2.47. The van der Waals surface area contributed by atoms with Crippen LogP contribution in [0.2, 0.25) is 4.34 Å². The number of hydrogen-bond acceptors (Lipinski definition) is 5. The Labute approximate surface area is 88.4 Å². The van der Waals surface area contributed by atoms with E-state index < -0.39 is 4.92 Å². The van der Waals surface area contributed by atoms with Gasteiger partial charge in [-0.1, -0.05) is 11.6 Å². The first-order valence-corrected chi connectivity index (χ1v) is 4.82. The number of carbonyl (C=O) groups excluding carboxylic acids is 1. The molecule has 0 aromatic carbocycles. The van der Waals surface area contributed by atoms with Gasteiger partial charge in [-0.25, -0.2) is 0 Å². The second-order valence-corrected chi connectivity index (χ2v) is 4.08. The Morgan fingerprint density at radius 1 is 1.71 bits per heavy atom. The Bertz CT molecular complexity index is 351. The average molecular weight is 236 g/mol. The van der Waals surface area contributed by atoms with Gasteiger partial charge in [-0.05, 0) is 0 Å². The van der Waals surface area contributed by atoms with E-state index in [0.717, 1.165) is 16.2 Å². The van der Waals surface area contributed by atoms with Gasteiger partial charge >= 0.3 is 0 Å². The van der Waals surface area contributed by atoms with Gasteiger partial charge in [-0.2, -0.15) is 0 Å². The van der Waals surface area contributed by atoms with Crippen LogP contribution in [-0.4, -0.2) is 18.0 Å². The first-order valence-electron chi connectivity index (χ1n) is 3.63. The normalized spacial score (nSPS) is 9.79. The standard InChI is InChI=1S/C7H6ClNO4S/c8-7-6(9(11)12)3-5(14-7)1-2-13-4-10/h3-4H,1-2H2. The zero-order valence-electron chi connectivity index (χ0n) is 6.94. The summed E-state index contributed by atoms with van der Waals surface area (Å²) in [6.07, 6.45) is 0.441. The fourth-order valence-electron chi connectivity index (χ4n) is 0.861. The van der Waals surface area contributed by atoms with Crippen molar-refractivity contribution < 1.29 is 14.5 Å². The van der Waals surface area contributed by atoms with Crippen molar-refractivity contribution in [2.24, 2.45) is 0 Å². The molecule has 0 fully saturated rings. The summed E-state index contributed by atoms with van der Waals surface area (Å²) in [5.74, 6) is 0. The van der Waals surface area contributed by atoms with E-state index in [1.807, 2.05) is 0 Å². The molecule has 0 saturated carbocycles. The molecule has 0 aliphatic rings. The smallest absolute Gasteiger partial charge is 0.299 e. The number of thiophene rings is 1. The summed E-state index contributed by atoms with van der Waals surface area (Å²) in [7, 11) is 0. The highest BCUT2D eigenvalue weighted by Gasteiger charge is 2.16. The van der Waals surface area contributed by atoms with Gasteiger partial charge in [-0.15, -0.1) is 11.3 Å². The van der Waals surface area contributed by atoms with Crippen molar-refractivity contribution in [3.8, 4) is 0 Å². The largest absolute Gasteiger partial charge is 0.468 e. The molecule has 76 valence electrons. The number of nitro groups is 1. The van der Waals surface area contributed by atoms with Crippen LogP contribution in [0.1, 0.15) is 4.88 Å². The van der Waals surface area contributed by atoms with Crippen LogP contribution in [0.3, 0.4) is 0 Å². The van der Waals surface area contributed by atoms with Crippen molar-refractivity contribution in [3.63, 3.8) is 0 Å². The maximum absolute atomic E-state index is 10.4. The van der Waals surface area contributed by atoms with Crippen LogP contribution >= 0.6 is 22.9 Å². The lowest BCUT2D eigenvalue weighted by Gasteiger charge is -1.93. The third-order valence-corrected chi connectivity index (χ3v) is 2.85. The van der Waals surface area contributed by atoms with Crippen LogP contribution in [0.5, 0.6) is 0 Å². The van der Waals surface area contributed by atoms with Crippen LogP contribution in [0.15, 0.2) is 6.07 Å². The highest BCUT2D eigenvalue weighted by atomic mass is 35.5. The first-order chi connectivity index (χ1) is 6.65. The lowest BCUT2D eigenvalue weighted by Crippen LogP contribution is -1.94. The summed E-state index contributed by atoms with van der Waals surface area (Å²) >= 11 is 6.74. The van der Waals surface area contributed by atoms with E-state index in [0.29, 0.717) is 12.9 Å². The molecule has 0 atom stereocenters. The van der Waals surface area contributed by atoms with Gasteiger partial charge < -0.3 is 4.74 Å². The van der Waals surface area contributed by atoms with Gasteiger partial charge in [-0.3, -0.25) is 14.9 Å². The molecule has 1 aromatic rings. The van der Waals surface area contributed by atoms with Crippen molar-refractivity contribution in [3.05, 3.63) is 25.4 Å². The van der Waals surface area contributed by atoms with E-state index >= 15 is 0 Å². The lowest BCUT2D eigenvalue weighted by atomic mass is 10.3. The van der Waals surface area contributed by atoms with Gasteiger partial charge in [0.1, 0.15) is 0 Å². The number of nitrogens with zero attached hydrogens (tertiary/aromatic N) is 1. The predicted octanol–water partition coefficient (Wildman–Crippen LogP) is 2.03. The summed E-state index contributed by atoms with van der Waals surface area (Å²) < 4.78 is 4.61. The Balaban J connectivity index is 2.66. The minimum Gasteiger partial charge on any atom is -0.468 e. The van der Waals surface area contributed by atoms with E-state index in [4.69, 9.17) is 11.6 Å². The Morgan fingerprint density at radius 3 is 2.93 bits per heavy atom. The second-order valence-electron chi connectivity index (χ2n) is 2.35. The Hall–Kier alpha value is -1.14. The summed E-state index contributed by atoms with van der Waals surface area (Å²) in [6.45, 7) is 0.543.